The Balaban J connectivity index is 2.10. The van der Waals surface area contributed by atoms with E-state index in [1.165, 1.54) is 17.0 Å². The van der Waals surface area contributed by atoms with Crippen LogP contribution >= 0.6 is 0 Å². The van der Waals surface area contributed by atoms with Gasteiger partial charge in [-0.25, -0.2) is 8.42 Å². The van der Waals surface area contributed by atoms with Gasteiger partial charge in [0.05, 0.1) is 26.8 Å². The number of anilines is 1. The van der Waals surface area contributed by atoms with Crippen LogP contribution in [0.15, 0.2) is 65.8 Å². The van der Waals surface area contributed by atoms with Gasteiger partial charge < -0.3 is 9.67 Å². The Bertz CT molecular complexity index is 1180. The Hall–Kier alpha value is -3.54. The molecule has 0 saturated heterocycles. The van der Waals surface area contributed by atoms with Crippen molar-refractivity contribution in [1.29, 1.82) is 0 Å². The van der Waals surface area contributed by atoms with E-state index in [2.05, 4.69) is 0 Å². The second-order valence-corrected chi connectivity index (χ2v) is 7.52. The Morgan fingerprint density at radius 2 is 1.72 bits per heavy atom. The maximum atomic E-state index is 13.1. The smallest absolute Gasteiger partial charge is 0.416 e. The first-order valence-corrected chi connectivity index (χ1v) is 9.32. The fourth-order valence-electron chi connectivity index (χ4n) is 2.53. The second kappa shape index (κ2) is 7.13. The normalized spacial score (nSPS) is 12.0. The number of phenols is 1. The minimum Gasteiger partial charge on any atom is -0.502 e. The van der Waals surface area contributed by atoms with Crippen LogP contribution in [0.5, 0.6) is 5.75 Å². The summed E-state index contributed by atoms with van der Waals surface area (Å²) in [5.74, 6) is -0.749. The van der Waals surface area contributed by atoms with Crippen LogP contribution in [-0.4, -0.2) is 23.0 Å². The van der Waals surface area contributed by atoms with Crippen molar-refractivity contribution in [3.8, 4) is 11.4 Å². The van der Waals surface area contributed by atoms with Crippen molar-refractivity contribution in [2.24, 2.45) is 0 Å². The molecule has 0 aliphatic rings. The molecule has 0 atom stereocenters. The highest BCUT2D eigenvalue weighted by molar-refractivity contribution is 7.92. The van der Waals surface area contributed by atoms with Gasteiger partial charge in [0.1, 0.15) is 0 Å². The number of nitro benzene ring substituents is 1. The minimum absolute atomic E-state index is 0.111. The van der Waals surface area contributed by atoms with Crippen LogP contribution in [0.2, 0.25) is 0 Å². The van der Waals surface area contributed by atoms with E-state index in [1.807, 2.05) is 4.72 Å². The first-order valence-electron chi connectivity index (χ1n) is 7.84. The van der Waals surface area contributed by atoms with Gasteiger partial charge in [0.15, 0.2) is 5.75 Å². The van der Waals surface area contributed by atoms with Crippen LogP contribution in [0.25, 0.3) is 5.69 Å². The predicted molar refractivity (Wildman–Crippen MR) is 96.3 cm³/mol. The first kappa shape index (κ1) is 20.2. The van der Waals surface area contributed by atoms with E-state index in [0.717, 1.165) is 24.3 Å². The molecule has 0 aliphatic carbocycles. The molecule has 0 bridgehead atoms. The van der Waals surface area contributed by atoms with Crippen molar-refractivity contribution in [2.75, 3.05) is 4.72 Å². The average molecular weight is 427 g/mol. The van der Waals surface area contributed by atoms with Gasteiger partial charge in [-0.05, 0) is 42.5 Å². The first-order chi connectivity index (χ1) is 13.5. The molecule has 3 aromatic rings. The topological polar surface area (TPSA) is 114 Å². The van der Waals surface area contributed by atoms with Gasteiger partial charge in [-0.15, -0.1) is 0 Å². The molecule has 1 heterocycles. The van der Waals surface area contributed by atoms with Crippen LogP contribution in [0.3, 0.4) is 0 Å². The molecule has 0 radical (unpaired) electrons. The molecule has 12 heteroatoms. The monoisotopic (exact) mass is 427 g/mol. The van der Waals surface area contributed by atoms with Crippen LogP contribution in [-0.2, 0) is 16.2 Å². The van der Waals surface area contributed by atoms with Gasteiger partial charge in [0, 0.05) is 18.5 Å². The highest BCUT2D eigenvalue weighted by atomic mass is 32.2. The molecule has 152 valence electrons. The molecule has 0 saturated carbocycles. The molecule has 0 amide bonds. The quantitative estimate of drug-likeness (QED) is 0.473. The van der Waals surface area contributed by atoms with Crippen LogP contribution in [0.1, 0.15) is 5.56 Å². The number of alkyl halides is 3. The molecule has 0 aliphatic heterocycles. The Labute approximate surface area is 162 Å². The summed E-state index contributed by atoms with van der Waals surface area (Å²) in [5.41, 5.74) is -2.21. The lowest BCUT2D eigenvalue weighted by Crippen LogP contribution is -2.16. The molecule has 29 heavy (non-hydrogen) atoms. The summed E-state index contributed by atoms with van der Waals surface area (Å²) < 4.78 is 68.1. The van der Waals surface area contributed by atoms with Gasteiger partial charge in [0.25, 0.3) is 10.0 Å². The number of halogens is 3. The molecule has 0 spiro atoms. The number of aromatic nitrogens is 1. The average Bonchev–Trinajstić information content (AvgIpc) is 3.15. The number of nitro groups is 1. The maximum Gasteiger partial charge on any atom is 0.416 e. The number of hydrogen-bond donors (Lipinski definition) is 2. The third-order valence-corrected chi connectivity index (χ3v) is 5.27. The Morgan fingerprint density at radius 1 is 1.07 bits per heavy atom. The van der Waals surface area contributed by atoms with Crippen molar-refractivity contribution < 1.29 is 31.6 Å². The molecule has 2 aromatic carbocycles. The maximum absolute atomic E-state index is 13.1. The third-order valence-electron chi connectivity index (χ3n) is 3.90. The standard InChI is InChI=1S/C17H12F3N3O5S/c18-17(19,20)11-3-5-14(22-7-1-2-8-22)13(9-11)21-29(27,28)12-4-6-16(24)15(10-12)23(25)26/h1-10,21,24H. The van der Waals surface area contributed by atoms with Crippen LogP contribution < -0.4 is 4.72 Å². The molecule has 3 rings (SSSR count). The molecular formula is C17H12F3N3O5S. The van der Waals surface area contributed by atoms with Crippen LogP contribution in [0, 0.1) is 10.1 Å². The number of rotatable bonds is 5. The lowest BCUT2D eigenvalue weighted by Gasteiger charge is -2.16. The van der Waals surface area contributed by atoms with E-state index in [1.54, 1.807) is 12.1 Å². The summed E-state index contributed by atoms with van der Waals surface area (Å²) in [6.45, 7) is 0. The SMILES string of the molecule is O=[N+]([O-])c1cc(S(=O)(=O)Nc2cc(C(F)(F)F)ccc2-n2cccc2)ccc1O. The lowest BCUT2D eigenvalue weighted by atomic mass is 10.1. The van der Waals surface area contributed by atoms with Gasteiger partial charge in [0.2, 0.25) is 0 Å². The van der Waals surface area contributed by atoms with E-state index >= 15 is 0 Å². The Kier molecular flexibility index (Phi) is 4.96. The third kappa shape index (κ3) is 4.16. The largest absolute Gasteiger partial charge is 0.502 e. The molecule has 8 nitrogen and oxygen atoms in total. The second-order valence-electron chi connectivity index (χ2n) is 5.83. The Morgan fingerprint density at radius 3 is 2.31 bits per heavy atom. The van der Waals surface area contributed by atoms with Crippen molar-refractivity contribution in [3.63, 3.8) is 0 Å². The predicted octanol–water partition coefficient (Wildman–Crippen LogP) is 3.91. The van der Waals surface area contributed by atoms with Gasteiger partial charge >= 0.3 is 11.9 Å². The van der Waals surface area contributed by atoms with Gasteiger partial charge in [-0.3, -0.25) is 14.8 Å². The summed E-state index contributed by atoms with van der Waals surface area (Å²) in [5, 5.41) is 20.4. The summed E-state index contributed by atoms with van der Waals surface area (Å²) in [4.78, 5) is 9.34. The van der Waals surface area contributed by atoms with Crippen molar-refractivity contribution in [2.45, 2.75) is 11.1 Å². The molecule has 0 fully saturated rings. The zero-order chi connectivity index (χ0) is 21.4. The number of sulfonamides is 1. The summed E-state index contributed by atoms with van der Waals surface area (Å²) in [6.07, 6.45) is -1.70. The molecule has 2 N–H and O–H groups in total. The number of phenolic OH excluding ortho intramolecular Hbond substituents is 1. The zero-order valence-electron chi connectivity index (χ0n) is 14.3. The van der Waals surface area contributed by atoms with Crippen molar-refractivity contribution in [1.82, 2.24) is 4.57 Å². The van der Waals surface area contributed by atoms with E-state index in [0.29, 0.717) is 12.1 Å². The highest BCUT2D eigenvalue weighted by Crippen LogP contribution is 2.35. The van der Waals surface area contributed by atoms with Crippen molar-refractivity contribution in [3.05, 3.63) is 76.6 Å². The van der Waals surface area contributed by atoms with Crippen LogP contribution in [0.4, 0.5) is 24.5 Å². The minimum atomic E-state index is -4.72. The number of benzene rings is 2. The van der Waals surface area contributed by atoms with E-state index in [-0.39, 0.29) is 11.4 Å². The fraction of sp³-hybridized carbons (Fsp3) is 0.0588. The van der Waals surface area contributed by atoms with Gasteiger partial charge in [-0.1, -0.05) is 0 Å². The number of nitrogens with zero attached hydrogens (tertiary/aromatic N) is 2. The number of hydrogen-bond acceptors (Lipinski definition) is 5. The van der Waals surface area contributed by atoms with E-state index in [4.69, 9.17) is 0 Å². The molecule has 1 aromatic heterocycles. The van der Waals surface area contributed by atoms with Gasteiger partial charge in [-0.2, -0.15) is 13.2 Å². The summed E-state index contributed by atoms with van der Waals surface area (Å²) in [6, 6.07) is 8.04. The number of aromatic hydroxyl groups is 1. The van der Waals surface area contributed by atoms with E-state index < -0.39 is 43.0 Å². The summed E-state index contributed by atoms with van der Waals surface area (Å²) in [7, 11) is -4.51. The van der Waals surface area contributed by atoms with E-state index in [9.17, 15) is 36.8 Å². The lowest BCUT2D eigenvalue weighted by molar-refractivity contribution is -0.386. The van der Waals surface area contributed by atoms with Crippen molar-refractivity contribution >= 4 is 21.4 Å². The zero-order valence-corrected chi connectivity index (χ0v) is 15.1. The molecule has 0 unspecified atom stereocenters. The highest BCUT2D eigenvalue weighted by Gasteiger charge is 2.32. The number of nitrogens with one attached hydrogen (secondary N) is 1. The summed E-state index contributed by atoms with van der Waals surface area (Å²) >= 11 is 0. The molecular weight excluding hydrogens is 415 g/mol. The fourth-order valence-corrected chi connectivity index (χ4v) is 3.62.